The van der Waals surface area contributed by atoms with Gasteiger partial charge in [0.1, 0.15) is 5.75 Å². The average molecular weight is 457 g/mol. The van der Waals surface area contributed by atoms with Crippen LogP contribution in [-0.4, -0.2) is 22.5 Å². The van der Waals surface area contributed by atoms with Gasteiger partial charge < -0.3 is 10.1 Å². The van der Waals surface area contributed by atoms with Crippen LogP contribution in [0.4, 0.5) is 11.4 Å². The number of nitrogens with zero attached hydrogens (tertiary/aromatic N) is 1. The molecule has 2 aromatic carbocycles. The number of halogens is 1. The Kier molecular flexibility index (Phi) is 6.44. The van der Waals surface area contributed by atoms with E-state index in [2.05, 4.69) is 33.2 Å². The Hall–Kier alpha value is -2.27. The topological polar surface area (TPSA) is 93.5 Å². The van der Waals surface area contributed by atoms with Crippen LogP contribution in [0.25, 0.3) is 0 Å². The molecule has 0 spiro atoms. The minimum absolute atomic E-state index is 0.0466. The fourth-order valence-corrected chi connectivity index (χ4v) is 2.26. The summed E-state index contributed by atoms with van der Waals surface area (Å²) in [6.07, 6.45) is 0. The smallest absolute Gasteiger partial charge is 0.269 e. The van der Waals surface area contributed by atoms with Crippen molar-refractivity contribution < 1.29 is 14.5 Å². The third kappa shape index (κ3) is 5.74. The van der Waals surface area contributed by atoms with Crippen molar-refractivity contribution in [3.8, 4) is 5.75 Å². The lowest BCUT2D eigenvalue weighted by Crippen LogP contribution is -2.37. The van der Waals surface area contributed by atoms with Crippen molar-refractivity contribution in [1.29, 1.82) is 0 Å². The molecule has 0 aromatic heterocycles. The number of hydrogen-bond acceptors (Lipinski definition) is 5. The van der Waals surface area contributed by atoms with Crippen LogP contribution in [0.1, 0.15) is 0 Å². The SMILES string of the molecule is O=C(COc1ccc([N+](=O)[O-])cc1)NC(=S)Nc1ccc(I)cc1. The molecule has 0 fully saturated rings. The first kappa shape index (κ1) is 18.1. The fraction of sp³-hybridized carbons (Fsp3) is 0.0667. The predicted molar refractivity (Wildman–Crippen MR) is 102 cm³/mol. The zero-order valence-corrected chi connectivity index (χ0v) is 15.2. The summed E-state index contributed by atoms with van der Waals surface area (Å²) in [6.45, 7) is -0.258. The molecule has 0 saturated carbocycles. The number of carbonyl (C=O) groups excluding carboxylic acids is 1. The van der Waals surface area contributed by atoms with E-state index in [-0.39, 0.29) is 17.4 Å². The van der Waals surface area contributed by atoms with E-state index in [0.717, 1.165) is 9.26 Å². The highest BCUT2D eigenvalue weighted by Gasteiger charge is 2.08. The predicted octanol–water partition coefficient (Wildman–Crippen LogP) is 3.09. The summed E-state index contributed by atoms with van der Waals surface area (Å²) in [5.74, 6) is -0.0800. The second-order valence-electron chi connectivity index (χ2n) is 4.55. The number of rotatable bonds is 5. The molecule has 0 unspecified atom stereocenters. The molecule has 7 nitrogen and oxygen atoms in total. The highest BCUT2D eigenvalue weighted by Crippen LogP contribution is 2.17. The number of hydrogen-bond donors (Lipinski definition) is 2. The van der Waals surface area contributed by atoms with Crippen molar-refractivity contribution in [2.75, 3.05) is 11.9 Å². The molecule has 2 rings (SSSR count). The van der Waals surface area contributed by atoms with Gasteiger partial charge in [-0.3, -0.25) is 20.2 Å². The number of benzene rings is 2. The molecular formula is C15H12IN3O4S. The summed E-state index contributed by atoms with van der Waals surface area (Å²) in [5.41, 5.74) is 0.715. The van der Waals surface area contributed by atoms with E-state index in [0.29, 0.717) is 5.75 Å². The minimum Gasteiger partial charge on any atom is -0.484 e. The number of thiocarbonyl (C=S) groups is 1. The van der Waals surface area contributed by atoms with Gasteiger partial charge in [-0.15, -0.1) is 0 Å². The molecule has 0 radical (unpaired) electrons. The van der Waals surface area contributed by atoms with E-state index in [9.17, 15) is 14.9 Å². The van der Waals surface area contributed by atoms with Crippen molar-refractivity contribution in [2.45, 2.75) is 0 Å². The van der Waals surface area contributed by atoms with Gasteiger partial charge in [-0.25, -0.2) is 0 Å². The molecule has 0 saturated heterocycles. The highest BCUT2D eigenvalue weighted by molar-refractivity contribution is 14.1. The molecule has 0 bridgehead atoms. The van der Waals surface area contributed by atoms with Gasteiger partial charge in [-0.1, -0.05) is 0 Å². The molecule has 2 N–H and O–H groups in total. The molecule has 24 heavy (non-hydrogen) atoms. The monoisotopic (exact) mass is 457 g/mol. The zero-order chi connectivity index (χ0) is 17.5. The Morgan fingerprint density at radius 3 is 2.38 bits per heavy atom. The fourth-order valence-electron chi connectivity index (χ4n) is 1.67. The van der Waals surface area contributed by atoms with Gasteiger partial charge in [0.05, 0.1) is 4.92 Å². The van der Waals surface area contributed by atoms with Crippen LogP contribution in [0.15, 0.2) is 48.5 Å². The lowest BCUT2D eigenvalue weighted by molar-refractivity contribution is -0.384. The summed E-state index contributed by atoms with van der Waals surface area (Å²) in [5, 5.41) is 16.1. The average Bonchev–Trinajstić information content (AvgIpc) is 2.55. The Morgan fingerprint density at radius 2 is 1.79 bits per heavy atom. The van der Waals surface area contributed by atoms with Crippen LogP contribution in [-0.2, 0) is 4.79 Å². The maximum atomic E-state index is 11.8. The normalized spacial score (nSPS) is 9.88. The Balaban J connectivity index is 1.79. The molecule has 124 valence electrons. The Bertz CT molecular complexity index is 750. The van der Waals surface area contributed by atoms with E-state index >= 15 is 0 Å². The molecule has 1 amide bonds. The molecule has 0 atom stereocenters. The summed E-state index contributed by atoms with van der Waals surface area (Å²) in [4.78, 5) is 21.8. The Morgan fingerprint density at radius 1 is 1.17 bits per heavy atom. The third-order valence-corrected chi connectivity index (χ3v) is 3.70. The molecule has 0 heterocycles. The number of carbonyl (C=O) groups is 1. The molecule has 2 aromatic rings. The second-order valence-corrected chi connectivity index (χ2v) is 6.20. The molecule has 0 aliphatic rings. The van der Waals surface area contributed by atoms with Crippen molar-refractivity contribution in [3.05, 3.63) is 62.2 Å². The van der Waals surface area contributed by atoms with E-state index in [1.165, 1.54) is 24.3 Å². The van der Waals surface area contributed by atoms with E-state index < -0.39 is 10.8 Å². The largest absolute Gasteiger partial charge is 0.484 e. The number of amides is 1. The first-order valence-electron chi connectivity index (χ1n) is 6.68. The summed E-state index contributed by atoms with van der Waals surface area (Å²) < 4.78 is 6.33. The van der Waals surface area contributed by atoms with E-state index in [4.69, 9.17) is 17.0 Å². The lowest BCUT2D eigenvalue weighted by atomic mass is 10.3. The molecule has 0 aliphatic heterocycles. The van der Waals surface area contributed by atoms with E-state index in [1.54, 1.807) is 0 Å². The van der Waals surface area contributed by atoms with Gasteiger partial charge in [0, 0.05) is 21.4 Å². The van der Waals surface area contributed by atoms with Crippen molar-refractivity contribution in [1.82, 2.24) is 5.32 Å². The van der Waals surface area contributed by atoms with Gasteiger partial charge in [0.2, 0.25) is 0 Å². The number of ether oxygens (including phenoxy) is 1. The summed E-state index contributed by atoms with van der Waals surface area (Å²) >= 11 is 7.23. The first-order valence-corrected chi connectivity index (χ1v) is 8.16. The first-order chi connectivity index (χ1) is 11.4. The minimum atomic E-state index is -0.509. The maximum absolute atomic E-state index is 11.8. The summed E-state index contributed by atoms with van der Waals surface area (Å²) in [7, 11) is 0. The van der Waals surface area contributed by atoms with Gasteiger partial charge in [0.25, 0.3) is 11.6 Å². The number of non-ortho nitro benzene ring substituents is 1. The van der Waals surface area contributed by atoms with Crippen molar-refractivity contribution >= 4 is 57.2 Å². The molecule has 0 aliphatic carbocycles. The van der Waals surface area contributed by atoms with Crippen LogP contribution in [0, 0.1) is 13.7 Å². The van der Waals surface area contributed by atoms with Crippen LogP contribution < -0.4 is 15.4 Å². The van der Waals surface area contributed by atoms with Gasteiger partial charge >= 0.3 is 0 Å². The number of nitro benzene ring substituents is 1. The van der Waals surface area contributed by atoms with E-state index in [1.807, 2.05) is 24.3 Å². The number of anilines is 1. The van der Waals surface area contributed by atoms with Crippen LogP contribution in [0.3, 0.4) is 0 Å². The van der Waals surface area contributed by atoms with Crippen LogP contribution >= 0.6 is 34.8 Å². The van der Waals surface area contributed by atoms with Crippen LogP contribution in [0.5, 0.6) is 5.75 Å². The van der Waals surface area contributed by atoms with Gasteiger partial charge in [-0.05, 0) is 71.2 Å². The van der Waals surface area contributed by atoms with Gasteiger partial charge in [0.15, 0.2) is 11.7 Å². The molecular weight excluding hydrogens is 445 g/mol. The van der Waals surface area contributed by atoms with Crippen LogP contribution in [0.2, 0.25) is 0 Å². The zero-order valence-electron chi connectivity index (χ0n) is 12.2. The summed E-state index contributed by atoms with van der Waals surface area (Å²) in [6, 6.07) is 12.9. The highest BCUT2D eigenvalue weighted by atomic mass is 127. The number of nitro groups is 1. The quantitative estimate of drug-likeness (QED) is 0.310. The standard InChI is InChI=1S/C15H12IN3O4S/c16-10-1-3-11(4-2-10)17-15(24)18-14(20)9-23-13-7-5-12(6-8-13)19(21)22/h1-8H,9H2,(H2,17,18,20,24). The number of nitrogens with one attached hydrogen (secondary N) is 2. The third-order valence-electron chi connectivity index (χ3n) is 2.77. The lowest BCUT2D eigenvalue weighted by Gasteiger charge is -2.10. The maximum Gasteiger partial charge on any atom is 0.269 e. The van der Waals surface area contributed by atoms with Crippen molar-refractivity contribution in [3.63, 3.8) is 0 Å². The van der Waals surface area contributed by atoms with Crippen molar-refractivity contribution in [2.24, 2.45) is 0 Å². The second kappa shape index (κ2) is 8.55. The van der Waals surface area contributed by atoms with Gasteiger partial charge in [-0.2, -0.15) is 0 Å². The molecule has 9 heteroatoms. The Labute approximate surface area is 156 Å².